The van der Waals surface area contributed by atoms with E-state index >= 15 is 0 Å². The number of halogens is 3. The number of carboxylic acid groups (broad SMARTS) is 1. The molecule has 25 heavy (non-hydrogen) atoms. The fraction of sp³-hybridized carbons (Fsp3) is 0.400. The van der Waals surface area contributed by atoms with Gasteiger partial charge in [0.2, 0.25) is 0 Å². The average molecular weight is 356 g/mol. The summed E-state index contributed by atoms with van der Waals surface area (Å²) in [7, 11) is 0. The lowest BCUT2D eigenvalue weighted by Gasteiger charge is -2.19. The number of hydrogen-bond acceptors (Lipinski definition) is 3. The number of nitrogens with zero attached hydrogens (tertiary/aromatic N) is 2. The van der Waals surface area contributed by atoms with Gasteiger partial charge in [0.1, 0.15) is 0 Å². The Balaban J connectivity index is 1.77. The highest BCUT2D eigenvalue weighted by atomic mass is 19.4. The number of carbonyl (C=O) groups is 2. The minimum absolute atomic E-state index is 0.390. The number of likely N-dealkylation sites (tertiary alicyclic amines) is 1. The Morgan fingerprint density at radius 3 is 2.68 bits per heavy atom. The van der Waals surface area contributed by atoms with E-state index in [9.17, 15) is 22.8 Å². The predicted octanol–water partition coefficient (Wildman–Crippen LogP) is 2.60. The molecule has 0 spiro atoms. The van der Waals surface area contributed by atoms with Crippen LogP contribution in [0.5, 0.6) is 0 Å². The topological polar surface area (TPSA) is 98.3 Å². The fourth-order valence-corrected chi connectivity index (χ4v) is 3.05. The van der Waals surface area contributed by atoms with Gasteiger partial charge >= 0.3 is 18.2 Å². The van der Waals surface area contributed by atoms with Gasteiger partial charge in [0.05, 0.1) is 23.5 Å². The predicted molar refractivity (Wildman–Crippen MR) is 82.1 cm³/mol. The van der Waals surface area contributed by atoms with E-state index in [4.69, 9.17) is 5.11 Å². The summed E-state index contributed by atoms with van der Waals surface area (Å²) in [5.41, 5.74) is 1.90. The molecule has 2 amide bonds. The molecule has 134 valence electrons. The first-order valence-electron chi connectivity index (χ1n) is 7.46. The number of H-pyrrole nitrogens is 1. The van der Waals surface area contributed by atoms with Gasteiger partial charge in [-0.15, -0.1) is 0 Å². The van der Waals surface area contributed by atoms with Gasteiger partial charge < -0.3 is 15.3 Å². The van der Waals surface area contributed by atoms with Crippen LogP contribution in [0.4, 0.5) is 23.7 Å². The first kappa shape index (κ1) is 17.1. The van der Waals surface area contributed by atoms with E-state index in [0.717, 1.165) is 15.8 Å². The molecule has 2 aromatic rings. The lowest BCUT2D eigenvalue weighted by Crippen LogP contribution is -2.35. The van der Waals surface area contributed by atoms with Crippen molar-refractivity contribution in [1.29, 1.82) is 0 Å². The van der Waals surface area contributed by atoms with Crippen LogP contribution in [0.1, 0.15) is 5.56 Å². The number of aromatic nitrogens is 2. The summed E-state index contributed by atoms with van der Waals surface area (Å²) in [6, 6.07) is 2.51. The SMILES string of the molecule is Cc1cc(NC(=O)N2C[C@@H](C(F)(F)F)[C@H](C(=O)O)C2)cc2[nH]ncc12. The van der Waals surface area contributed by atoms with Crippen LogP contribution in [0.15, 0.2) is 18.3 Å². The van der Waals surface area contributed by atoms with Crippen LogP contribution in [0.25, 0.3) is 10.9 Å². The second-order valence-electron chi connectivity index (χ2n) is 6.05. The maximum absolute atomic E-state index is 13.0. The summed E-state index contributed by atoms with van der Waals surface area (Å²) in [5.74, 6) is -5.30. The van der Waals surface area contributed by atoms with Crippen molar-refractivity contribution in [2.24, 2.45) is 11.8 Å². The Hall–Kier alpha value is -2.78. The first-order valence-corrected chi connectivity index (χ1v) is 7.46. The number of carboxylic acids is 1. The van der Waals surface area contributed by atoms with Crippen molar-refractivity contribution in [3.63, 3.8) is 0 Å². The summed E-state index contributed by atoms with van der Waals surface area (Å²) in [6.07, 6.45) is -3.05. The van der Waals surface area contributed by atoms with E-state index in [1.807, 2.05) is 6.92 Å². The van der Waals surface area contributed by atoms with Crippen LogP contribution in [0.3, 0.4) is 0 Å². The minimum atomic E-state index is -4.68. The molecule has 1 aliphatic rings. The number of aliphatic carboxylic acids is 1. The van der Waals surface area contributed by atoms with Gasteiger partial charge in [-0.3, -0.25) is 9.89 Å². The number of urea groups is 1. The zero-order chi connectivity index (χ0) is 18.4. The molecule has 1 saturated heterocycles. The number of rotatable bonds is 2. The number of fused-ring (bicyclic) bond motifs is 1. The molecule has 1 aromatic heterocycles. The second-order valence-corrected chi connectivity index (χ2v) is 6.05. The fourth-order valence-electron chi connectivity index (χ4n) is 3.05. The molecule has 1 aliphatic heterocycles. The summed E-state index contributed by atoms with van der Waals surface area (Å²) < 4.78 is 39.0. The van der Waals surface area contributed by atoms with Crippen LogP contribution in [-0.4, -0.2) is 51.5 Å². The zero-order valence-corrected chi connectivity index (χ0v) is 13.1. The summed E-state index contributed by atoms with van der Waals surface area (Å²) >= 11 is 0. The molecule has 7 nitrogen and oxygen atoms in total. The molecule has 0 radical (unpaired) electrons. The van der Waals surface area contributed by atoms with Gasteiger partial charge in [-0.25, -0.2) is 4.79 Å². The third-order valence-electron chi connectivity index (χ3n) is 4.36. The number of hydrogen-bond donors (Lipinski definition) is 3. The summed E-state index contributed by atoms with van der Waals surface area (Å²) in [4.78, 5) is 24.2. The molecule has 0 aliphatic carbocycles. The van der Waals surface area contributed by atoms with Crippen molar-refractivity contribution in [1.82, 2.24) is 15.1 Å². The highest BCUT2D eigenvalue weighted by molar-refractivity contribution is 5.94. The molecule has 2 atom stereocenters. The number of aromatic amines is 1. The van der Waals surface area contributed by atoms with E-state index in [1.54, 1.807) is 18.3 Å². The van der Waals surface area contributed by atoms with Crippen molar-refractivity contribution < 1.29 is 27.9 Å². The van der Waals surface area contributed by atoms with Crippen molar-refractivity contribution in [3.8, 4) is 0 Å². The maximum Gasteiger partial charge on any atom is 0.394 e. The van der Waals surface area contributed by atoms with Crippen LogP contribution >= 0.6 is 0 Å². The number of amides is 2. The standard InChI is InChI=1S/C15H15F3N4O3/c1-7-2-8(3-12-9(7)4-19-21-12)20-14(25)22-5-10(13(23)24)11(6-22)15(16,17)18/h2-4,10-11H,5-6H2,1H3,(H,19,21)(H,20,25)(H,23,24)/t10-,11-/m1/s1. The lowest BCUT2D eigenvalue weighted by molar-refractivity contribution is -0.187. The van der Waals surface area contributed by atoms with E-state index < -0.39 is 43.1 Å². The van der Waals surface area contributed by atoms with Gasteiger partial charge in [-0.2, -0.15) is 18.3 Å². The second kappa shape index (κ2) is 5.94. The van der Waals surface area contributed by atoms with Crippen molar-refractivity contribution >= 4 is 28.6 Å². The molecule has 3 N–H and O–H groups in total. The van der Waals surface area contributed by atoms with Crippen molar-refractivity contribution in [3.05, 3.63) is 23.9 Å². The quantitative estimate of drug-likeness (QED) is 0.770. The third kappa shape index (κ3) is 3.24. The van der Waals surface area contributed by atoms with E-state index in [1.165, 1.54) is 0 Å². The Morgan fingerprint density at radius 2 is 2.08 bits per heavy atom. The molecule has 1 fully saturated rings. The van der Waals surface area contributed by atoms with Crippen LogP contribution in [-0.2, 0) is 4.79 Å². The van der Waals surface area contributed by atoms with Crippen molar-refractivity contribution in [2.45, 2.75) is 13.1 Å². The molecular weight excluding hydrogens is 341 g/mol. The number of nitrogens with one attached hydrogen (secondary N) is 2. The number of alkyl halides is 3. The first-order chi connectivity index (χ1) is 11.7. The zero-order valence-electron chi connectivity index (χ0n) is 13.1. The molecule has 3 rings (SSSR count). The molecule has 10 heteroatoms. The molecule has 0 unspecified atom stereocenters. The van der Waals surface area contributed by atoms with Gasteiger partial charge in [0.15, 0.2) is 0 Å². The molecule has 2 heterocycles. The summed E-state index contributed by atoms with van der Waals surface area (Å²) in [6.45, 7) is 0.637. The molecule has 0 saturated carbocycles. The Morgan fingerprint density at radius 1 is 1.36 bits per heavy atom. The van der Waals surface area contributed by atoms with E-state index in [0.29, 0.717) is 11.2 Å². The average Bonchev–Trinajstić information content (AvgIpc) is 3.13. The van der Waals surface area contributed by atoms with Gasteiger partial charge in [0, 0.05) is 24.2 Å². The van der Waals surface area contributed by atoms with Crippen molar-refractivity contribution in [2.75, 3.05) is 18.4 Å². The highest BCUT2D eigenvalue weighted by Crippen LogP contribution is 2.38. The number of benzene rings is 1. The van der Waals surface area contributed by atoms with E-state index in [-0.39, 0.29) is 0 Å². The largest absolute Gasteiger partial charge is 0.481 e. The molecule has 1 aromatic carbocycles. The van der Waals surface area contributed by atoms with E-state index in [2.05, 4.69) is 15.5 Å². The molecular formula is C15H15F3N4O3. The maximum atomic E-state index is 13.0. The summed E-state index contributed by atoms with van der Waals surface area (Å²) in [5, 5.41) is 19.0. The normalized spacial score (nSPS) is 20.9. The Labute approximate surface area is 139 Å². The number of carbonyl (C=O) groups excluding carboxylic acids is 1. The lowest BCUT2D eigenvalue weighted by atomic mass is 9.96. The van der Waals surface area contributed by atoms with Gasteiger partial charge in [-0.05, 0) is 24.6 Å². The monoisotopic (exact) mass is 356 g/mol. The van der Waals surface area contributed by atoms with Gasteiger partial charge in [-0.1, -0.05) is 0 Å². The van der Waals surface area contributed by atoms with Crippen LogP contribution < -0.4 is 5.32 Å². The Kier molecular flexibility index (Phi) is 4.05. The highest BCUT2D eigenvalue weighted by Gasteiger charge is 2.53. The van der Waals surface area contributed by atoms with Crippen LogP contribution in [0.2, 0.25) is 0 Å². The number of aryl methyl sites for hydroxylation is 1. The smallest absolute Gasteiger partial charge is 0.394 e. The number of anilines is 1. The minimum Gasteiger partial charge on any atom is -0.481 e. The molecule has 0 bridgehead atoms. The Bertz CT molecular complexity index is 833. The third-order valence-corrected chi connectivity index (χ3v) is 4.36. The van der Waals surface area contributed by atoms with Gasteiger partial charge in [0.25, 0.3) is 0 Å². The van der Waals surface area contributed by atoms with Crippen LogP contribution in [0, 0.1) is 18.8 Å².